The van der Waals surface area contributed by atoms with Gasteiger partial charge in [-0.05, 0) is 36.6 Å². The molecule has 3 aromatic rings. The quantitative estimate of drug-likeness (QED) is 0.554. The summed E-state index contributed by atoms with van der Waals surface area (Å²) in [7, 11) is 0. The molecule has 0 bridgehead atoms. The van der Waals surface area contributed by atoms with E-state index in [1.165, 1.54) is 17.4 Å². The van der Waals surface area contributed by atoms with E-state index >= 15 is 0 Å². The third-order valence-electron chi connectivity index (χ3n) is 3.25. The van der Waals surface area contributed by atoms with Crippen LogP contribution in [-0.2, 0) is 9.53 Å². The minimum atomic E-state index is -0.605. The fourth-order valence-electron chi connectivity index (χ4n) is 2.22. The zero-order valence-corrected chi connectivity index (χ0v) is 13.8. The van der Waals surface area contributed by atoms with Crippen molar-refractivity contribution in [2.45, 2.75) is 6.92 Å². The molecule has 0 spiro atoms. The van der Waals surface area contributed by atoms with Crippen LogP contribution in [0, 0.1) is 0 Å². The molecule has 1 N–H and O–H groups in total. The number of rotatable bonds is 5. The molecule has 5 nitrogen and oxygen atoms in total. The van der Waals surface area contributed by atoms with Gasteiger partial charge in [0.05, 0.1) is 6.61 Å². The molecule has 0 atom stereocenters. The first-order chi connectivity index (χ1) is 11.7. The number of hydrogen-bond acceptors (Lipinski definition) is 5. The van der Waals surface area contributed by atoms with Crippen LogP contribution in [0.2, 0.25) is 0 Å². The molecule has 3 rings (SSSR count). The van der Waals surface area contributed by atoms with E-state index in [0.29, 0.717) is 16.7 Å². The Kier molecular flexibility index (Phi) is 4.77. The lowest BCUT2D eigenvalue weighted by atomic mass is 10.2. The SMILES string of the molecule is CCOC(=O)c1oc2ccccc2c1NC(=O)/C=C/c1cccs1. The lowest BCUT2D eigenvalue weighted by Crippen LogP contribution is -2.12. The van der Waals surface area contributed by atoms with Crippen molar-refractivity contribution in [1.29, 1.82) is 0 Å². The highest BCUT2D eigenvalue weighted by molar-refractivity contribution is 7.10. The molecule has 2 heterocycles. The van der Waals surface area contributed by atoms with Gasteiger partial charge in [0.15, 0.2) is 0 Å². The molecule has 0 aliphatic carbocycles. The second-order valence-electron chi connectivity index (χ2n) is 4.86. The van der Waals surface area contributed by atoms with Crippen LogP contribution >= 0.6 is 11.3 Å². The number of carbonyl (C=O) groups is 2. The molecule has 0 aliphatic rings. The molecule has 0 aliphatic heterocycles. The van der Waals surface area contributed by atoms with Gasteiger partial charge in [-0.15, -0.1) is 11.3 Å². The van der Waals surface area contributed by atoms with Gasteiger partial charge in [0, 0.05) is 16.3 Å². The van der Waals surface area contributed by atoms with Gasteiger partial charge in [-0.1, -0.05) is 18.2 Å². The molecule has 0 fully saturated rings. The second-order valence-corrected chi connectivity index (χ2v) is 5.84. The van der Waals surface area contributed by atoms with Gasteiger partial charge < -0.3 is 14.5 Å². The number of para-hydroxylation sites is 1. The highest BCUT2D eigenvalue weighted by atomic mass is 32.1. The molecule has 1 amide bonds. The van der Waals surface area contributed by atoms with Gasteiger partial charge in [0.1, 0.15) is 11.3 Å². The zero-order chi connectivity index (χ0) is 16.9. The standard InChI is InChI=1S/C18H15NO4S/c1-2-22-18(21)17-16(13-7-3-4-8-14(13)23-17)19-15(20)10-9-12-6-5-11-24-12/h3-11H,2H2,1H3,(H,19,20)/b10-9+. The Morgan fingerprint density at radius 2 is 2.08 bits per heavy atom. The summed E-state index contributed by atoms with van der Waals surface area (Å²) >= 11 is 1.53. The average Bonchev–Trinajstić information content (AvgIpc) is 3.21. The van der Waals surface area contributed by atoms with Crippen molar-refractivity contribution in [2.24, 2.45) is 0 Å². The topological polar surface area (TPSA) is 68.5 Å². The van der Waals surface area contributed by atoms with E-state index in [-0.39, 0.29) is 18.3 Å². The first kappa shape index (κ1) is 16.0. The maximum absolute atomic E-state index is 12.2. The van der Waals surface area contributed by atoms with E-state index in [1.54, 1.807) is 31.2 Å². The number of furan rings is 1. The summed E-state index contributed by atoms with van der Waals surface area (Å²) in [5.74, 6) is -0.956. The number of hydrogen-bond donors (Lipinski definition) is 1. The van der Waals surface area contributed by atoms with Crippen LogP contribution < -0.4 is 5.32 Å². The molecule has 122 valence electrons. The van der Waals surface area contributed by atoms with Crippen molar-refractivity contribution in [3.8, 4) is 0 Å². The molecule has 1 aromatic carbocycles. The van der Waals surface area contributed by atoms with Crippen molar-refractivity contribution in [1.82, 2.24) is 0 Å². The highest BCUT2D eigenvalue weighted by Crippen LogP contribution is 2.31. The summed E-state index contributed by atoms with van der Waals surface area (Å²) in [5, 5.41) is 5.30. The Morgan fingerprint density at radius 1 is 1.25 bits per heavy atom. The van der Waals surface area contributed by atoms with E-state index in [9.17, 15) is 9.59 Å². The Morgan fingerprint density at radius 3 is 2.83 bits per heavy atom. The maximum atomic E-state index is 12.2. The highest BCUT2D eigenvalue weighted by Gasteiger charge is 2.22. The van der Waals surface area contributed by atoms with E-state index in [0.717, 1.165) is 4.88 Å². The van der Waals surface area contributed by atoms with Gasteiger partial charge in [-0.2, -0.15) is 0 Å². The fraction of sp³-hybridized carbons (Fsp3) is 0.111. The summed E-state index contributed by atoms with van der Waals surface area (Å²) < 4.78 is 10.6. The molecule has 24 heavy (non-hydrogen) atoms. The Balaban J connectivity index is 1.90. The molecule has 0 radical (unpaired) electrons. The minimum absolute atomic E-state index is 0.00377. The molecule has 0 saturated heterocycles. The largest absolute Gasteiger partial charge is 0.460 e. The molecular formula is C18H15NO4S. The Hall–Kier alpha value is -2.86. The third kappa shape index (κ3) is 3.38. The second kappa shape index (κ2) is 7.14. The van der Waals surface area contributed by atoms with E-state index in [1.807, 2.05) is 23.6 Å². The van der Waals surface area contributed by atoms with Gasteiger partial charge in [-0.3, -0.25) is 4.79 Å². The normalized spacial score (nSPS) is 11.0. The third-order valence-corrected chi connectivity index (χ3v) is 4.08. The van der Waals surface area contributed by atoms with Crippen LogP contribution in [0.4, 0.5) is 5.69 Å². The van der Waals surface area contributed by atoms with Crippen molar-refractivity contribution in [3.05, 3.63) is 58.5 Å². The van der Waals surface area contributed by atoms with E-state index in [4.69, 9.17) is 9.15 Å². The first-order valence-electron chi connectivity index (χ1n) is 7.40. The number of esters is 1. The molecule has 2 aromatic heterocycles. The smallest absolute Gasteiger partial charge is 0.376 e. The minimum Gasteiger partial charge on any atom is -0.460 e. The maximum Gasteiger partial charge on any atom is 0.376 e. The van der Waals surface area contributed by atoms with E-state index in [2.05, 4.69) is 5.32 Å². The number of carbonyl (C=O) groups excluding carboxylic acids is 2. The lowest BCUT2D eigenvalue weighted by molar-refractivity contribution is -0.111. The van der Waals surface area contributed by atoms with Crippen LogP contribution in [0.25, 0.3) is 17.0 Å². The number of anilines is 1. The van der Waals surface area contributed by atoms with Gasteiger partial charge in [0.25, 0.3) is 0 Å². The van der Waals surface area contributed by atoms with Crippen LogP contribution in [0.15, 0.2) is 52.3 Å². The van der Waals surface area contributed by atoms with Gasteiger partial charge in [-0.25, -0.2) is 4.79 Å². The van der Waals surface area contributed by atoms with Crippen molar-refractivity contribution < 1.29 is 18.7 Å². The average molecular weight is 341 g/mol. The van der Waals surface area contributed by atoms with Crippen LogP contribution in [-0.4, -0.2) is 18.5 Å². The van der Waals surface area contributed by atoms with Crippen LogP contribution in [0.1, 0.15) is 22.4 Å². The summed E-state index contributed by atoms with van der Waals surface area (Å²) in [5.41, 5.74) is 0.836. The number of nitrogens with one attached hydrogen (secondary N) is 1. The number of benzene rings is 1. The number of amides is 1. The summed E-state index contributed by atoms with van der Waals surface area (Å²) in [6.07, 6.45) is 3.13. The van der Waals surface area contributed by atoms with Gasteiger partial charge in [0.2, 0.25) is 11.7 Å². The van der Waals surface area contributed by atoms with Crippen LogP contribution in [0.5, 0.6) is 0 Å². The summed E-state index contributed by atoms with van der Waals surface area (Å²) in [6.45, 7) is 1.93. The number of ether oxygens (including phenoxy) is 1. The lowest BCUT2D eigenvalue weighted by Gasteiger charge is -2.03. The predicted octanol–water partition coefficient (Wildman–Crippen LogP) is 4.32. The van der Waals surface area contributed by atoms with Crippen molar-refractivity contribution >= 4 is 45.9 Å². The summed E-state index contributed by atoms with van der Waals surface area (Å²) in [6, 6.07) is 10.9. The first-order valence-corrected chi connectivity index (χ1v) is 8.28. The Bertz CT molecular complexity index is 893. The molecular weight excluding hydrogens is 326 g/mol. The summed E-state index contributed by atoms with van der Waals surface area (Å²) in [4.78, 5) is 25.2. The Labute approximate surface area is 142 Å². The van der Waals surface area contributed by atoms with Crippen molar-refractivity contribution in [3.63, 3.8) is 0 Å². The predicted molar refractivity (Wildman–Crippen MR) is 94.2 cm³/mol. The molecule has 0 unspecified atom stereocenters. The fourth-order valence-corrected chi connectivity index (χ4v) is 2.84. The molecule has 0 saturated carbocycles. The molecule has 6 heteroatoms. The van der Waals surface area contributed by atoms with Crippen molar-refractivity contribution in [2.75, 3.05) is 11.9 Å². The number of fused-ring (bicyclic) bond motifs is 1. The monoisotopic (exact) mass is 341 g/mol. The zero-order valence-electron chi connectivity index (χ0n) is 12.9. The van der Waals surface area contributed by atoms with Gasteiger partial charge >= 0.3 is 5.97 Å². The number of thiophene rings is 1. The van der Waals surface area contributed by atoms with Crippen LogP contribution in [0.3, 0.4) is 0 Å². The van der Waals surface area contributed by atoms with E-state index < -0.39 is 5.97 Å².